The van der Waals surface area contributed by atoms with Gasteiger partial charge in [0.15, 0.2) is 5.82 Å². The number of nitrogens with zero attached hydrogens (tertiary/aromatic N) is 3. The van der Waals surface area contributed by atoms with Gasteiger partial charge in [0.25, 0.3) is 0 Å². The first-order valence-electron chi connectivity index (χ1n) is 6.64. The van der Waals surface area contributed by atoms with Crippen molar-refractivity contribution in [2.45, 2.75) is 33.6 Å². The third-order valence-electron chi connectivity index (χ3n) is 3.40. The summed E-state index contributed by atoms with van der Waals surface area (Å²) in [5, 5.41) is 20.8. The molecule has 0 aliphatic rings. The van der Waals surface area contributed by atoms with E-state index in [-0.39, 0.29) is 0 Å². The minimum Gasteiger partial charge on any atom is -0.337 e. The molecule has 0 bridgehead atoms. The van der Waals surface area contributed by atoms with Gasteiger partial charge in [0.2, 0.25) is 0 Å². The Bertz CT molecular complexity index is 669. The highest BCUT2D eigenvalue weighted by atomic mass is 15.2. The molecule has 20 heavy (non-hydrogen) atoms. The van der Waals surface area contributed by atoms with Gasteiger partial charge in [-0.15, -0.1) is 5.10 Å². The number of hydrogen-bond acceptors (Lipinski definition) is 4. The normalized spacial score (nSPS) is 10.4. The summed E-state index contributed by atoms with van der Waals surface area (Å²) in [5.41, 5.74) is 4.36. The highest BCUT2D eigenvalue weighted by Crippen LogP contribution is 2.28. The number of hydrogen-bond donors (Lipinski definition) is 1. The number of aromatic nitrogens is 2. The van der Waals surface area contributed by atoms with Crippen molar-refractivity contribution in [1.82, 2.24) is 10.2 Å². The van der Waals surface area contributed by atoms with Gasteiger partial charge >= 0.3 is 0 Å². The van der Waals surface area contributed by atoms with E-state index >= 15 is 0 Å². The lowest BCUT2D eigenvalue weighted by Gasteiger charge is -2.15. The van der Waals surface area contributed by atoms with Crippen molar-refractivity contribution in [1.29, 1.82) is 5.26 Å². The van der Waals surface area contributed by atoms with Crippen molar-refractivity contribution >= 4 is 11.5 Å². The highest BCUT2D eigenvalue weighted by Gasteiger charge is 2.13. The van der Waals surface area contributed by atoms with E-state index in [0.29, 0.717) is 17.3 Å². The van der Waals surface area contributed by atoms with Crippen LogP contribution < -0.4 is 5.32 Å². The summed E-state index contributed by atoms with van der Waals surface area (Å²) in [6, 6.07) is 10.3. The standard InChI is InChI=1S/C16H18N4/c1-10(2)13-7-5-6-8-15(13)18-16-14(9-17)11(3)12(4)19-20-16/h5-8,10H,1-4H3,(H,18,20). The van der Waals surface area contributed by atoms with Crippen molar-refractivity contribution in [3.05, 3.63) is 46.6 Å². The Kier molecular flexibility index (Phi) is 3.99. The molecule has 0 aliphatic carbocycles. The second-order valence-corrected chi connectivity index (χ2v) is 5.11. The van der Waals surface area contributed by atoms with Gasteiger partial charge in [-0.2, -0.15) is 10.4 Å². The van der Waals surface area contributed by atoms with Crippen LogP contribution in [0, 0.1) is 25.2 Å². The van der Waals surface area contributed by atoms with Crippen LogP contribution in [0.2, 0.25) is 0 Å². The number of aryl methyl sites for hydroxylation is 1. The maximum atomic E-state index is 9.32. The molecule has 102 valence electrons. The van der Waals surface area contributed by atoms with E-state index in [1.54, 1.807) is 0 Å². The van der Waals surface area contributed by atoms with Crippen LogP contribution in [-0.2, 0) is 0 Å². The number of para-hydroxylation sites is 1. The summed E-state index contributed by atoms with van der Waals surface area (Å²) < 4.78 is 0. The van der Waals surface area contributed by atoms with E-state index in [4.69, 9.17) is 0 Å². The fourth-order valence-corrected chi connectivity index (χ4v) is 2.07. The quantitative estimate of drug-likeness (QED) is 0.917. The topological polar surface area (TPSA) is 61.6 Å². The summed E-state index contributed by atoms with van der Waals surface area (Å²) in [7, 11) is 0. The zero-order valence-electron chi connectivity index (χ0n) is 12.2. The molecule has 1 N–H and O–H groups in total. The van der Waals surface area contributed by atoms with Crippen molar-refractivity contribution in [3.8, 4) is 6.07 Å². The summed E-state index contributed by atoms with van der Waals surface area (Å²) in [6.07, 6.45) is 0. The highest BCUT2D eigenvalue weighted by molar-refractivity contribution is 5.67. The molecule has 2 aromatic rings. The zero-order valence-corrected chi connectivity index (χ0v) is 12.2. The SMILES string of the molecule is Cc1nnc(Nc2ccccc2C(C)C)c(C#N)c1C. The smallest absolute Gasteiger partial charge is 0.171 e. The van der Waals surface area contributed by atoms with Crippen LogP contribution in [0.4, 0.5) is 11.5 Å². The molecule has 4 nitrogen and oxygen atoms in total. The minimum atomic E-state index is 0.392. The van der Waals surface area contributed by atoms with Gasteiger partial charge in [-0.3, -0.25) is 0 Å². The Labute approximate surface area is 119 Å². The Morgan fingerprint density at radius 2 is 1.85 bits per heavy atom. The Hall–Kier alpha value is -2.41. The average molecular weight is 266 g/mol. The van der Waals surface area contributed by atoms with Gasteiger partial charge in [0.1, 0.15) is 11.6 Å². The predicted molar refractivity (Wildman–Crippen MR) is 80.0 cm³/mol. The average Bonchev–Trinajstić information content (AvgIpc) is 2.43. The molecule has 2 rings (SSSR count). The molecule has 0 saturated heterocycles. The third-order valence-corrected chi connectivity index (χ3v) is 3.40. The van der Waals surface area contributed by atoms with Crippen LogP contribution in [-0.4, -0.2) is 10.2 Å². The largest absolute Gasteiger partial charge is 0.337 e. The summed E-state index contributed by atoms with van der Waals surface area (Å²) in [4.78, 5) is 0. The Morgan fingerprint density at radius 1 is 1.15 bits per heavy atom. The number of anilines is 2. The minimum absolute atomic E-state index is 0.392. The van der Waals surface area contributed by atoms with E-state index in [9.17, 15) is 5.26 Å². The van der Waals surface area contributed by atoms with Crippen molar-refractivity contribution in [3.63, 3.8) is 0 Å². The fraction of sp³-hybridized carbons (Fsp3) is 0.312. The molecule has 0 spiro atoms. The first kappa shape index (κ1) is 14.0. The van der Waals surface area contributed by atoms with Gasteiger partial charge in [0, 0.05) is 5.69 Å². The van der Waals surface area contributed by atoms with Crippen LogP contribution in [0.5, 0.6) is 0 Å². The van der Waals surface area contributed by atoms with Gasteiger partial charge in [-0.05, 0) is 37.0 Å². The van der Waals surface area contributed by atoms with Crippen LogP contribution in [0.1, 0.15) is 42.1 Å². The number of nitriles is 1. The first-order valence-corrected chi connectivity index (χ1v) is 6.64. The number of benzene rings is 1. The van der Waals surface area contributed by atoms with Crippen LogP contribution >= 0.6 is 0 Å². The van der Waals surface area contributed by atoms with Gasteiger partial charge in [-0.1, -0.05) is 32.0 Å². The van der Waals surface area contributed by atoms with Gasteiger partial charge < -0.3 is 5.32 Å². The number of nitrogens with one attached hydrogen (secondary N) is 1. The molecular weight excluding hydrogens is 248 g/mol. The third kappa shape index (κ3) is 2.62. The van der Waals surface area contributed by atoms with Crippen molar-refractivity contribution in [2.75, 3.05) is 5.32 Å². The summed E-state index contributed by atoms with van der Waals surface area (Å²) >= 11 is 0. The molecule has 1 aromatic heterocycles. The summed E-state index contributed by atoms with van der Waals surface area (Å²) in [5.74, 6) is 0.910. The van der Waals surface area contributed by atoms with Crippen molar-refractivity contribution in [2.24, 2.45) is 0 Å². The lowest BCUT2D eigenvalue weighted by molar-refractivity contribution is 0.868. The van der Waals surface area contributed by atoms with Crippen LogP contribution in [0.3, 0.4) is 0 Å². The molecular formula is C16H18N4. The van der Waals surface area contributed by atoms with E-state index in [0.717, 1.165) is 16.9 Å². The molecule has 0 unspecified atom stereocenters. The maximum absolute atomic E-state index is 9.32. The molecule has 0 radical (unpaired) electrons. The molecule has 1 aromatic carbocycles. The molecule has 0 atom stereocenters. The van der Waals surface area contributed by atoms with Gasteiger partial charge in [-0.25, -0.2) is 0 Å². The second kappa shape index (κ2) is 5.70. The lowest BCUT2D eigenvalue weighted by Crippen LogP contribution is -2.05. The van der Waals surface area contributed by atoms with E-state index in [1.165, 1.54) is 5.56 Å². The second-order valence-electron chi connectivity index (χ2n) is 5.11. The zero-order chi connectivity index (χ0) is 14.7. The molecule has 4 heteroatoms. The van der Waals surface area contributed by atoms with Crippen molar-refractivity contribution < 1.29 is 0 Å². The Balaban J connectivity index is 2.47. The molecule has 1 heterocycles. The van der Waals surface area contributed by atoms with E-state index < -0.39 is 0 Å². The van der Waals surface area contributed by atoms with Crippen LogP contribution in [0.25, 0.3) is 0 Å². The van der Waals surface area contributed by atoms with Gasteiger partial charge in [0.05, 0.1) is 5.69 Å². The van der Waals surface area contributed by atoms with E-state index in [2.05, 4.69) is 41.5 Å². The molecule has 0 saturated carbocycles. The fourth-order valence-electron chi connectivity index (χ4n) is 2.07. The summed E-state index contributed by atoms with van der Waals surface area (Å²) in [6.45, 7) is 8.02. The van der Waals surface area contributed by atoms with E-state index in [1.807, 2.05) is 32.0 Å². The number of rotatable bonds is 3. The molecule has 0 amide bonds. The van der Waals surface area contributed by atoms with Crippen LogP contribution in [0.15, 0.2) is 24.3 Å². The monoisotopic (exact) mass is 266 g/mol. The molecule has 0 aliphatic heterocycles. The lowest BCUT2D eigenvalue weighted by atomic mass is 10.0. The predicted octanol–water partition coefficient (Wildman–Crippen LogP) is 3.83. The molecule has 0 fully saturated rings. The first-order chi connectivity index (χ1) is 9.54. The Morgan fingerprint density at radius 3 is 2.50 bits per heavy atom. The maximum Gasteiger partial charge on any atom is 0.171 e.